The van der Waals surface area contributed by atoms with E-state index < -0.39 is 0 Å². The van der Waals surface area contributed by atoms with Crippen LogP contribution in [-0.4, -0.2) is 17.6 Å². The number of anilines is 2. The molecule has 1 saturated heterocycles. The van der Waals surface area contributed by atoms with Crippen LogP contribution in [0.1, 0.15) is 26.9 Å². The fourth-order valence-electron chi connectivity index (χ4n) is 3.92. The predicted molar refractivity (Wildman–Crippen MR) is 132 cm³/mol. The first-order valence-electron chi connectivity index (χ1n) is 10.5. The number of nitrogens with one attached hydrogen (secondary N) is 1. The van der Waals surface area contributed by atoms with Gasteiger partial charge in [0.2, 0.25) is 5.91 Å². The number of amides is 2. The number of fused-ring (bicyclic) bond motifs is 1. The third kappa shape index (κ3) is 3.99. The Labute approximate surface area is 191 Å². The summed E-state index contributed by atoms with van der Waals surface area (Å²) in [5.74, 6) is 0.423. The van der Waals surface area contributed by atoms with E-state index in [9.17, 15) is 9.59 Å². The van der Waals surface area contributed by atoms with E-state index in [4.69, 9.17) is 0 Å². The number of nitrogens with zero attached hydrogens (tertiary/aromatic N) is 1. The minimum Gasteiger partial charge on any atom is -0.322 e. The molecule has 0 aromatic heterocycles. The van der Waals surface area contributed by atoms with E-state index in [1.165, 1.54) is 0 Å². The average Bonchev–Trinajstić information content (AvgIpc) is 3.21. The van der Waals surface area contributed by atoms with Gasteiger partial charge >= 0.3 is 0 Å². The number of aryl methyl sites for hydroxylation is 1. The Morgan fingerprint density at radius 3 is 2.38 bits per heavy atom. The van der Waals surface area contributed by atoms with Crippen LogP contribution in [0.15, 0.2) is 91.0 Å². The summed E-state index contributed by atoms with van der Waals surface area (Å²) >= 11 is 1.62. The van der Waals surface area contributed by atoms with Gasteiger partial charge in [-0.25, -0.2) is 0 Å². The predicted octanol–water partition coefficient (Wildman–Crippen LogP) is 6.18. The summed E-state index contributed by atoms with van der Waals surface area (Å²) in [6.07, 6.45) is 0. The summed E-state index contributed by atoms with van der Waals surface area (Å²) in [6, 6.07) is 29.5. The van der Waals surface area contributed by atoms with Crippen molar-refractivity contribution in [3.63, 3.8) is 0 Å². The normalized spacial score (nSPS) is 15.8. The lowest BCUT2D eigenvalue weighted by atomic mass is 10.1. The van der Waals surface area contributed by atoms with E-state index in [0.29, 0.717) is 11.3 Å². The van der Waals surface area contributed by atoms with Crippen molar-refractivity contribution < 1.29 is 9.59 Å². The first-order chi connectivity index (χ1) is 15.6. The SMILES string of the molecule is Cc1ccc(N2C(=O)CSC2c2ccc(NC(=O)c3ccc4ccccc4c3)cc2)cc1. The first-order valence-corrected chi connectivity index (χ1v) is 11.5. The van der Waals surface area contributed by atoms with Gasteiger partial charge in [0.1, 0.15) is 5.37 Å². The standard InChI is InChI=1S/C27H22N2O2S/c1-18-6-14-24(15-7-18)29-25(30)17-32-27(29)20-10-12-23(13-11-20)28-26(31)22-9-8-19-4-2-3-5-21(19)16-22/h2-16,27H,17H2,1H3,(H,28,31). The van der Waals surface area contributed by atoms with Crippen molar-refractivity contribution in [1.29, 1.82) is 0 Å². The molecule has 0 radical (unpaired) electrons. The molecular formula is C27H22N2O2S. The van der Waals surface area contributed by atoms with Crippen LogP contribution < -0.4 is 10.2 Å². The molecule has 5 heteroatoms. The molecule has 0 bridgehead atoms. The van der Waals surface area contributed by atoms with E-state index in [1.807, 2.05) is 103 Å². The minimum atomic E-state index is -0.143. The summed E-state index contributed by atoms with van der Waals surface area (Å²) in [5, 5.41) is 5.04. The Morgan fingerprint density at radius 2 is 1.62 bits per heavy atom. The second kappa shape index (κ2) is 8.52. The number of hydrogen-bond acceptors (Lipinski definition) is 3. The molecule has 1 aliphatic heterocycles. The van der Waals surface area contributed by atoms with Crippen LogP contribution in [0.4, 0.5) is 11.4 Å². The third-order valence-electron chi connectivity index (χ3n) is 5.65. The van der Waals surface area contributed by atoms with Gasteiger partial charge in [-0.15, -0.1) is 11.8 Å². The first kappa shape index (κ1) is 20.3. The zero-order chi connectivity index (χ0) is 22.1. The molecule has 0 spiro atoms. The average molecular weight is 439 g/mol. The number of thioether (sulfide) groups is 1. The lowest BCUT2D eigenvalue weighted by molar-refractivity contribution is -0.115. The van der Waals surface area contributed by atoms with Crippen LogP contribution in [0.2, 0.25) is 0 Å². The van der Waals surface area contributed by atoms with Gasteiger partial charge in [-0.1, -0.05) is 60.2 Å². The Balaban J connectivity index is 1.33. The van der Waals surface area contributed by atoms with Gasteiger partial charge in [-0.2, -0.15) is 0 Å². The number of hydrogen-bond donors (Lipinski definition) is 1. The van der Waals surface area contributed by atoms with Crippen molar-refractivity contribution >= 4 is 45.7 Å². The minimum absolute atomic E-state index is 0.0737. The largest absolute Gasteiger partial charge is 0.322 e. The molecule has 2 amide bonds. The Morgan fingerprint density at radius 1 is 0.906 bits per heavy atom. The lowest BCUT2D eigenvalue weighted by Crippen LogP contribution is -2.27. The van der Waals surface area contributed by atoms with E-state index >= 15 is 0 Å². The number of benzene rings is 4. The smallest absolute Gasteiger partial charge is 0.255 e. The van der Waals surface area contributed by atoms with E-state index in [2.05, 4.69) is 5.32 Å². The second-order valence-electron chi connectivity index (χ2n) is 7.90. The molecular weight excluding hydrogens is 416 g/mol. The Bertz CT molecular complexity index is 1300. The zero-order valence-corrected chi connectivity index (χ0v) is 18.4. The van der Waals surface area contributed by atoms with Gasteiger partial charge in [-0.3, -0.25) is 14.5 Å². The summed E-state index contributed by atoms with van der Waals surface area (Å²) in [7, 11) is 0. The second-order valence-corrected chi connectivity index (χ2v) is 8.97. The van der Waals surface area contributed by atoms with Crippen LogP contribution in [0.3, 0.4) is 0 Å². The van der Waals surface area contributed by atoms with Crippen molar-refractivity contribution in [2.75, 3.05) is 16.0 Å². The van der Waals surface area contributed by atoms with Crippen molar-refractivity contribution in [2.24, 2.45) is 0 Å². The summed E-state index contributed by atoms with van der Waals surface area (Å²) in [6.45, 7) is 2.03. The molecule has 1 fully saturated rings. The quantitative estimate of drug-likeness (QED) is 0.414. The van der Waals surface area contributed by atoms with Crippen LogP contribution >= 0.6 is 11.8 Å². The van der Waals surface area contributed by atoms with Crippen LogP contribution in [0.25, 0.3) is 10.8 Å². The highest BCUT2D eigenvalue weighted by molar-refractivity contribution is 8.00. The molecule has 0 saturated carbocycles. The Kier molecular flexibility index (Phi) is 5.41. The third-order valence-corrected chi connectivity index (χ3v) is 6.86. The molecule has 0 aliphatic carbocycles. The van der Waals surface area contributed by atoms with Crippen LogP contribution in [0, 0.1) is 6.92 Å². The molecule has 1 atom stereocenters. The van der Waals surface area contributed by atoms with E-state index in [-0.39, 0.29) is 17.2 Å². The maximum atomic E-state index is 12.7. The van der Waals surface area contributed by atoms with Gasteiger partial charge in [0.25, 0.3) is 5.91 Å². The Hall–Kier alpha value is -3.57. The van der Waals surface area contributed by atoms with Gasteiger partial charge in [0.15, 0.2) is 0 Å². The lowest BCUT2D eigenvalue weighted by Gasteiger charge is -2.24. The highest BCUT2D eigenvalue weighted by atomic mass is 32.2. The van der Waals surface area contributed by atoms with Gasteiger partial charge < -0.3 is 5.32 Å². The van der Waals surface area contributed by atoms with Crippen molar-refractivity contribution in [3.05, 3.63) is 108 Å². The number of rotatable bonds is 4. The summed E-state index contributed by atoms with van der Waals surface area (Å²) < 4.78 is 0. The van der Waals surface area contributed by atoms with Gasteiger partial charge in [0.05, 0.1) is 5.75 Å². The fourth-order valence-corrected chi connectivity index (χ4v) is 5.10. The fraction of sp³-hybridized carbons (Fsp3) is 0.111. The molecule has 4 aromatic carbocycles. The maximum absolute atomic E-state index is 12.7. The van der Waals surface area contributed by atoms with Crippen molar-refractivity contribution in [1.82, 2.24) is 0 Å². The molecule has 1 heterocycles. The topological polar surface area (TPSA) is 49.4 Å². The summed E-state index contributed by atoms with van der Waals surface area (Å²) in [4.78, 5) is 27.1. The number of carbonyl (C=O) groups excluding carboxylic acids is 2. The monoisotopic (exact) mass is 438 g/mol. The molecule has 32 heavy (non-hydrogen) atoms. The zero-order valence-electron chi connectivity index (χ0n) is 17.6. The van der Waals surface area contributed by atoms with Crippen molar-refractivity contribution in [2.45, 2.75) is 12.3 Å². The summed E-state index contributed by atoms with van der Waals surface area (Å²) in [5.41, 5.74) is 4.45. The molecule has 158 valence electrons. The molecule has 1 N–H and O–H groups in total. The molecule has 1 aliphatic rings. The number of carbonyl (C=O) groups is 2. The van der Waals surface area contributed by atoms with Gasteiger partial charge in [-0.05, 0) is 59.7 Å². The van der Waals surface area contributed by atoms with Crippen LogP contribution in [-0.2, 0) is 4.79 Å². The van der Waals surface area contributed by atoms with Crippen LogP contribution in [0.5, 0.6) is 0 Å². The van der Waals surface area contributed by atoms with E-state index in [0.717, 1.165) is 33.3 Å². The highest BCUT2D eigenvalue weighted by Crippen LogP contribution is 2.42. The maximum Gasteiger partial charge on any atom is 0.255 e. The van der Waals surface area contributed by atoms with E-state index in [1.54, 1.807) is 11.8 Å². The highest BCUT2D eigenvalue weighted by Gasteiger charge is 2.33. The molecule has 4 aromatic rings. The van der Waals surface area contributed by atoms with Gasteiger partial charge in [0, 0.05) is 16.9 Å². The molecule has 5 rings (SSSR count). The van der Waals surface area contributed by atoms with Crippen molar-refractivity contribution in [3.8, 4) is 0 Å². The molecule has 4 nitrogen and oxygen atoms in total. The molecule has 1 unspecified atom stereocenters.